The number of carboxylic acid groups (broad SMARTS) is 1. The van der Waals surface area contributed by atoms with Crippen LogP contribution in [0.2, 0.25) is 0 Å². The predicted molar refractivity (Wildman–Crippen MR) is 63.2 cm³/mol. The molecule has 3 amide bonds. The summed E-state index contributed by atoms with van der Waals surface area (Å²) >= 11 is 0. The molecule has 3 atom stereocenters. The number of carbonyl (C=O) groups is 3. The van der Waals surface area contributed by atoms with Gasteiger partial charge in [-0.15, -0.1) is 0 Å². The number of hydrogen-bond acceptors (Lipinski definition) is 4. The van der Waals surface area contributed by atoms with Crippen LogP contribution in [0, 0.1) is 0 Å². The monoisotopic (exact) mass is 271 g/mol. The minimum absolute atomic E-state index is 0.0314. The molecule has 2 rings (SSSR count). The first kappa shape index (κ1) is 13.6. The van der Waals surface area contributed by atoms with Crippen LogP contribution in [0.3, 0.4) is 0 Å². The lowest BCUT2D eigenvalue weighted by atomic mass is 10.2. The summed E-state index contributed by atoms with van der Waals surface area (Å²) in [5, 5.41) is 11.2. The van der Waals surface area contributed by atoms with Gasteiger partial charge in [-0.1, -0.05) is 0 Å². The van der Waals surface area contributed by atoms with E-state index in [0.717, 1.165) is 12.8 Å². The molecule has 2 heterocycles. The van der Waals surface area contributed by atoms with Crippen LogP contribution in [0.5, 0.6) is 0 Å². The molecule has 0 radical (unpaired) electrons. The molecule has 106 valence electrons. The van der Waals surface area contributed by atoms with Gasteiger partial charge >= 0.3 is 12.0 Å². The molecule has 0 aromatic carbocycles. The maximum atomic E-state index is 12.0. The molecule has 0 spiro atoms. The Hall–Kier alpha value is -1.83. The molecule has 0 aliphatic carbocycles. The van der Waals surface area contributed by atoms with E-state index in [9.17, 15) is 14.4 Å². The third-order valence-electron chi connectivity index (χ3n) is 3.33. The van der Waals surface area contributed by atoms with Crippen LogP contribution >= 0.6 is 0 Å². The number of urea groups is 1. The van der Waals surface area contributed by atoms with E-state index in [2.05, 4.69) is 5.32 Å². The second kappa shape index (κ2) is 5.43. The van der Waals surface area contributed by atoms with Crippen LogP contribution in [-0.2, 0) is 14.3 Å². The SMILES string of the molecule is NC(=O)CC(NC(=O)N1CC2CCC(C1)O2)C(=O)O. The number of ether oxygens (including phenoxy) is 1. The average Bonchev–Trinajstić information content (AvgIpc) is 2.66. The highest BCUT2D eigenvalue weighted by atomic mass is 16.5. The van der Waals surface area contributed by atoms with E-state index in [1.165, 1.54) is 4.90 Å². The molecule has 2 aliphatic heterocycles. The third kappa shape index (κ3) is 3.34. The summed E-state index contributed by atoms with van der Waals surface area (Å²) in [6, 6.07) is -1.78. The van der Waals surface area contributed by atoms with E-state index in [1.54, 1.807) is 0 Å². The van der Waals surface area contributed by atoms with Gasteiger partial charge < -0.3 is 25.8 Å². The van der Waals surface area contributed by atoms with Crippen LogP contribution in [-0.4, -0.2) is 59.3 Å². The van der Waals surface area contributed by atoms with Gasteiger partial charge in [0, 0.05) is 13.1 Å². The van der Waals surface area contributed by atoms with Gasteiger partial charge in [0.2, 0.25) is 5.91 Å². The first-order chi connectivity index (χ1) is 8.95. The Labute approximate surface area is 109 Å². The average molecular weight is 271 g/mol. The fourth-order valence-electron chi connectivity index (χ4n) is 2.42. The molecule has 2 bridgehead atoms. The van der Waals surface area contributed by atoms with Gasteiger partial charge in [0.25, 0.3) is 0 Å². The summed E-state index contributed by atoms with van der Waals surface area (Å²) in [5.74, 6) is -2.04. The number of primary amides is 1. The zero-order valence-corrected chi connectivity index (χ0v) is 10.4. The van der Waals surface area contributed by atoms with Crippen molar-refractivity contribution in [3.63, 3.8) is 0 Å². The highest BCUT2D eigenvalue weighted by Gasteiger charge is 2.36. The minimum Gasteiger partial charge on any atom is -0.480 e. The number of amides is 3. The third-order valence-corrected chi connectivity index (χ3v) is 3.33. The van der Waals surface area contributed by atoms with E-state index in [1.807, 2.05) is 0 Å². The Morgan fingerprint density at radius 2 is 1.89 bits per heavy atom. The summed E-state index contributed by atoms with van der Waals surface area (Å²) in [6.45, 7) is 0.899. The fourth-order valence-corrected chi connectivity index (χ4v) is 2.42. The van der Waals surface area contributed by atoms with Crippen molar-refractivity contribution in [1.82, 2.24) is 10.2 Å². The number of morpholine rings is 1. The number of nitrogens with one attached hydrogen (secondary N) is 1. The van der Waals surface area contributed by atoms with E-state index in [-0.39, 0.29) is 12.2 Å². The lowest BCUT2D eigenvalue weighted by Gasteiger charge is -2.32. The Kier molecular flexibility index (Phi) is 3.89. The van der Waals surface area contributed by atoms with Gasteiger partial charge in [-0.2, -0.15) is 0 Å². The molecular formula is C11H17N3O5. The van der Waals surface area contributed by atoms with E-state index >= 15 is 0 Å². The van der Waals surface area contributed by atoms with Crippen molar-refractivity contribution in [3.8, 4) is 0 Å². The van der Waals surface area contributed by atoms with E-state index in [0.29, 0.717) is 13.1 Å². The quantitative estimate of drug-likeness (QED) is 0.598. The van der Waals surface area contributed by atoms with Gasteiger partial charge in [-0.25, -0.2) is 9.59 Å². The van der Waals surface area contributed by atoms with Crippen molar-refractivity contribution < 1.29 is 24.2 Å². The Morgan fingerprint density at radius 1 is 1.32 bits per heavy atom. The molecule has 0 saturated carbocycles. The van der Waals surface area contributed by atoms with Crippen molar-refractivity contribution in [3.05, 3.63) is 0 Å². The summed E-state index contributed by atoms with van der Waals surface area (Å²) in [6.07, 6.45) is 1.47. The van der Waals surface area contributed by atoms with Crippen LogP contribution < -0.4 is 11.1 Å². The summed E-state index contributed by atoms with van der Waals surface area (Å²) < 4.78 is 5.58. The molecule has 4 N–H and O–H groups in total. The Balaban J connectivity index is 1.91. The molecule has 2 fully saturated rings. The Morgan fingerprint density at radius 3 is 2.37 bits per heavy atom. The zero-order chi connectivity index (χ0) is 14.0. The minimum atomic E-state index is -1.29. The molecule has 2 saturated heterocycles. The number of rotatable bonds is 4. The maximum absolute atomic E-state index is 12.0. The van der Waals surface area contributed by atoms with Crippen molar-refractivity contribution in [1.29, 1.82) is 0 Å². The predicted octanol–water partition coefficient (Wildman–Crippen LogP) is -1.11. The number of aliphatic carboxylic acids is 1. The fraction of sp³-hybridized carbons (Fsp3) is 0.727. The number of carbonyl (C=O) groups excluding carboxylic acids is 2. The molecule has 0 aromatic rings. The lowest BCUT2D eigenvalue weighted by Crippen LogP contribution is -2.54. The van der Waals surface area contributed by atoms with Gasteiger partial charge in [-0.3, -0.25) is 4.79 Å². The summed E-state index contributed by atoms with van der Waals surface area (Å²) in [7, 11) is 0. The lowest BCUT2D eigenvalue weighted by molar-refractivity contribution is -0.141. The molecule has 8 heteroatoms. The van der Waals surface area contributed by atoms with Crippen molar-refractivity contribution in [2.75, 3.05) is 13.1 Å². The van der Waals surface area contributed by atoms with Crippen LogP contribution in [0.4, 0.5) is 4.79 Å². The number of carboxylic acids is 1. The second-order valence-electron chi connectivity index (χ2n) is 4.87. The molecule has 2 aliphatic rings. The van der Waals surface area contributed by atoms with Gasteiger partial charge in [0.15, 0.2) is 0 Å². The highest BCUT2D eigenvalue weighted by Crippen LogP contribution is 2.26. The van der Waals surface area contributed by atoms with Crippen LogP contribution in [0.25, 0.3) is 0 Å². The standard InChI is InChI=1S/C11H17N3O5/c12-9(15)3-8(10(16)17)13-11(18)14-4-6-1-2-7(5-14)19-6/h6-8H,1-5H2,(H2,12,15)(H,13,18)(H,16,17). The van der Waals surface area contributed by atoms with Crippen molar-refractivity contribution in [2.45, 2.75) is 37.5 Å². The number of fused-ring (bicyclic) bond motifs is 2. The zero-order valence-electron chi connectivity index (χ0n) is 10.4. The Bertz CT molecular complexity index is 388. The maximum Gasteiger partial charge on any atom is 0.326 e. The molecular weight excluding hydrogens is 254 g/mol. The summed E-state index contributed by atoms with van der Waals surface area (Å²) in [4.78, 5) is 35.2. The number of hydrogen-bond donors (Lipinski definition) is 3. The molecule has 0 aromatic heterocycles. The largest absolute Gasteiger partial charge is 0.480 e. The molecule has 8 nitrogen and oxygen atoms in total. The van der Waals surface area contributed by atoms with Crippen LogP contribution in [0.1, 0.15) is 19.3 Å². The highest BCUT2D eigenvalue weighted by molar-refractivity contribution is 5.87. The van der Waals surface area contributed by atoms with Crippen molar-refractivity contribution >= 4 is 17.9 Å². The topological polar surface area (TPSA) is 122 Å². The number of nitrogens with two attached hydrogens (primary N) is 1. The first-order valence-corrected chi connectivity index (χ1v) is 6.17. The first-order valence-electron chi connectivity index (χ1n) is 6.17. The molecule has 3 unspecified atom stereocenters. The van der Waals surface area contributed by atoms with E-state index < -0.39 is 30.4 Å². The van der Waals surface area contributed by atoms with Crippen molar-refractivity contribution in [2.24, 2.45) is 5.73 Å². The van der Waals surface area contributed by atoms with Gasteiger partial charge in [-0.05, 0) is 12.8 Å². The van der Waals surface area contributed by atoms with Crippen LogP contribution in [0.15, 0.2) is 0 Å². The van der Waals surface area contributed by atoms with E-state index in [4.69, 9.17) is 15.6 Å². The van der Waals surface area contributed by atoms with Gasteiger partial charge in [0.05, 0.1) is 18.6 Å². The number of nitrogens with zero attached hydrogens (tertiary/aromatic N) is 1. The second-order valence-corrected chi connectivity index (χ2v) is 4.87. The van der Waals surface area contributed by atoms with Gasteiger partial charge in [0.1, 0.15) is 6.04 Å². The number of likely N-dealkylation sites (tertiary alicyclic amines) is 1. The summed E-state index contributed by atoms with van der Waals surface area (Å²) in [5.41, 5.74) is 4.95. The molecule has 19 heavy (non-hydrogen) atoms. The normalized spacial score (nSPS) is 26.8. The smallest absolute Gasteiger partial charge is 0.326 e.